The number of nitrogens with one attached hydrogen (secondary N) is 3. The number of fused-ring (bicyclic) bond motifs is 1. The fourth-order valence-corrected chi connectivity index (χ4v) is 3.85. The van der Waals surface area contributed by atoms with Crippen LogP contribution in [0.15, 0.2) is 30.5 Å². The number of anilines is 4. The van der Waals surface area contributed by atoms with Crippen molar-refractivity contribution in [3.63, 3.8) is 0 Å². The van der Waals surface area contributed by atoms with E-state index in [-0.39, 0.29) is 5.69 Å². The second-order valence-electron chi connectivity index (χ2n) is 8.34. The highest BCUT2D eigenvalue weighted by molar-refractivity contribution is 5.91. The molecule has 9 nitrogen and oxygen atoms in total. The molecule has 0 aliphatic carbocycles. The minimum atomic E-state index is -4.49. The van der Waals surface area contributed by atoms with E-state index in [1.54, 1.807) is 13.1 Å². The van der Waals surface area contributed by atoms with Crippen molar-refractivity contribution in [1.29, 1.82) is 0 Å². The number of alkyl halides is 3. The molecular weight excluding hydrogens is 461 g/mol. The van der Waals surface area contributed by atoms with Gasteiger partial charge < -0.3 is 31.3 Å². The highest BCUT2D eigenvalue weighted by Crippen LogP contribution is 2.34. The lowest BCUT2D eigenvalue weighted by Gasteiger charge is -2.28. The van der Waals surface area contributed by atoms with Gasteiger partial charge >= 0.3 is 6.18 Å². The Kier molecular flexibility index (Phi) is 7.41. The van der Waals surface area contributed by atoms with Crippen molar-refractivity contribution < 1.29 is 17.9 Å². The molecule has 2 aromatic heterocycles. The van der Waals surface area contributed by atoms with E-state index in [1.165, 1.54) is 6.07 Å². The van der Waals surface area contributed by atoms with Gasteiger partial charge in [0.1, 0.15) is 11.6 Å². The number of aromatic nitrogens is 3. The Hall–Kier alpha value is -3.38. The molecule has 1 fully saturated rings. The Morgan fingerprint density at radius 3 is 2.60 bits per heavy atom. The molecule has 1 aliphatic rings. The Bertz CT molecular complexity index is 1170. The van der Waals surface area contributed by atoms with Crippen LogP contribution in [0, 0.1) is 0 Å². The molecule has 0 unspecified atom stereocenters. The van der Waals surface area contributed by atoms with E-state index in [0.29, 0.717) is 67.6 Å². The third-order valence-corrected chi connectivity index (χ3v) is 5.72. The quantitative estimate of drug-likeness (QED) is 0.279. The summed E-state index contributed by atoms with van der Waals surface area (Å²) in [5, 5.41) is 10.2. The van der Waals surface area contributed by atoms with Crippen LogP contribution in [0.5, 0.6) is 0 Å². The van der Waals surface area contributed by atoms with Gasteiger partial charge in [-0.05, 0) is 43.8 Å². The number of nitrogens with two attached hydrogens (primary N) is 1. The molecule has 0 saturated carbocycles. The number of likely N-dealkylation sites (N-methyl/N-ethyl adjacent to an activating group) is 1. The highest BCUT2D eigenvalue weighted by Gasteiger charge is 2.31. The number of nitrogen functional groups attached to an aromatic ring is 1. The highest BCUT2D eigenvalue weighted by atomic mass is 19.4. The molecule has 0 bridgehead atoms. The fourth-order valence-electron chi connectivity index (χ4n) is 3.85. The van der Waals surface area contributed by atoms with E-state index < -0.39 is 17.8 Å². The number of hydrogen-bond acceptors (Lipinski definition) is 9. The average molecular weight is 491 g/mol. The summed E-state index contributed by atoms with van der Waals surface area (Å²) in [5.41, 5.74) is 6.05. The van der Waals surface area contributed by atoms with E-state index in [2.05, 4.69) is 35.8 Å². The lowest BCUT2D eigenvalue weighted by molar-refractivity contribution is -0.137. The zero-order valence-electron chi connectivity index (χ0n) is 19.6. The van der Waals surface area contributed by atoms with Gasteiger partial charge in [0.25, 0.3) is 0 Å². The predicted molar refractivity (Wildman–Crippen MR) is 131 cm³/mol. The lowest BCUT2D eigenvalue weighted by Crippen LogP contribution is -2.36. The average Bonchev–Trinajstić information content (AvgIpc) is 2.83. The van der Waals surface area contributed by atoms with Crippen molar-refractivity contribution >= 4 is 34.2 Å². The fraction of sp³-hybridized carbons (Fsp3) is 0.435. The van der Waals surface area contributed by atoms with Crippen LogP contribution in [0.1, 0.15) is 24.1 Å². The predicted octanol–water partition coefficient (Wildman–Crippen LogP) is 3.27. The first kappa shape index (κ1) is 24.7. The molecule has 5 N–H and O–H groups in total. The Morgan fingerprint density at radius 2 is 1.89 bits per heavy atom. The SMILES string of the molecule is CNCCNc1nc(N[C@H](C)c2cc(N)cc(C(F)(F)F)c2)c2cc(N3CCOCC3)ncc2n1. The second-order valence-corrected chi connectivity index (χ2v) is 8.34. The van der Waals surface area contributed by atoms with Gasteiger partial charge in [0.2, 0.25) is 5.95 Å². The van der Waals surface area contributed by atoms with Gasteiger partial charge in [-0.3, -0.25) is 0 Å². The number of rotatable bonds is 8. The van der Waals surface area contributed by atoms with Gasteiger partial charge in [-0.2, -0.15) is 18.2 Å². The first-order valence-corrected chi connectivity index (χ1v) is 11.4. The summed E-state index contributed by atoms with van der Waals surface area (Å²) in [4.78, 5) is 15.9. The molecule has 3 heterocycles. The first-order chi connectivity index (χ1) is 16.7. The number of hydrogen-bond donors (Lipinski definition) is 4. The van der Waals surface area contributed by atoms with Crippen LogP contribution in [-0.2, 0) is 10.9 Å². The minimum absolute atomic E-state index is 0.0456. The molecule has 0 spiro atoms. The molecule has 35 heavy (non-hydrogen) atoms. The van der Waals surface area contributed by atoms with E-state index in [4.69, 9.17) is 10.5 Å². The monoisotopic (exact) mass is 490 g/mol. The maximum atomic E-state index is 13.3. The maximum Gasteiger partial charge on any atom is 0.416 e. The van der Waals surface area contributed by atoms with E-state index in [0.717, 1.165) is 18.0 Å². The normalized spacial score (nSPS) is 15.3. The van der Waals surface area contributed by atoms with Crippen molar-refractivity contribution in [2.45, 2.75) is 19.1 Å². The Morgan fingerprint density at radius 1 is 1.11 bits per heavy atom. The summed E-state index contributed by atoms with van der Waals surface area (Å²) < 4.78 is 45.4. The smallest absolute Gasteiger partial charge is 0.399 e. The molecule has 1 aliphatic heterocycles. The van der Waals surface area contributed by atoms with Gasteiger partial charge in [-0.25, -0.2) is 9.97 Å². The van der Waals surface area contributed by atoms with Gasteiger partial charge in [-0.15, -0.1) is 0 Å². The van der Waals surface area contributed by atoms with Crippen LogP contribution in [0.2, 0.25) is 0 Å². The second kappa shape index (κ2) is 10.5. The summed E-state index contributed by atoms with van der Waals surface area (Å²) >= 11 is 0. The van der Waals surface area contributed by atoms with Crippen LogP contribution < -0.4 is 26.6 Å². The van der Waals surface area contributed by atoms with Gasteiger partial charge in [0.05, 0.1) is 36.5 Å². The zero-order chi connectivity index (χ0) is 25.0. The van der Waals surface area contributed by atoms with Crippen LogP contribution >= 0.6 is 0 Å². The summed E-state index contributed by atoms with van der Waals surface area (Å²) in [7, 11) is 1.84. The third kappa shape index (κ3) is 6.01. The van der Waals surface area contributed by atoms with Gasteiger partial charge in [-0.1, -0.05) is 0 Å². The van der Waals surface area contributed by atoms with E-state index in [9.17, 15) is 13.2 Å². The Balaban J connectivity index is 1.70. The summed E-state index contributed by atoms with van der Waals surface area (Å²) in [6.07, 6.45) is -2.81. The van der Waals surface area contributed by atoms with Crippen LogP contribution in [0.4, 0.5) is 36.4 Å². The molecule has 12 heteroatoms. The van der Waals surface area contributed by atoms with Crippen molar-refractivity contribution in [2.24, 2.45) is 0 Å². The molecule has 3 aromatic rings. The Labute approximate surface area is 201 Å². The number of halogens is 3. The largest absolute Gasteiger partial charge is 0.416 e. The first-order valence-electron chi connectivity index (χ1n) is 11.4. The summed E-state index contributed by atoms with van der Waals surface area (Å²) in [6, 6.07) is 4.95. The van der Waals surface area contributed by atoms with Crippen molar-refractivity contribution in [2.75, 3.05) is 67.7 Å². The van der Waals surface area contributed by atoms with Crippen LogP contribution in [-0.4, -0.2) is 61.4 Å². The van der Waals surface area contributed by atoms with Crippen LogP contribution in [0.3, 0.4) is 0 Å². The lowest BCUT2D eigenvalue weighted by atomic mass is 10.0. The van der Waals surface area contributed by atoms with Crippen molar-refractivity contribution in [1.82, 2.24) is 20.3 Å². The number of benzene rings is 1. The molecule has 1 saturated heterocycles. The topological polar surface area (TPSA) is 113 Å². The standard InChI is InChI=1S/C23H29F3N8O/c1-14(15-9-16(23(24,25)26)11-17(27)10-15)31-21-18-12-20(34-5-7-35-8-6-34)30-13-19(18)32-22(33-21)29-4-3-28-2/h9-14,28H,3-8,27H2,1-2H3,(H2,29,31,32,33)/t14-/m1/s1. The molecule has 0 radical (unpaired) electrons. The molecule has 188 valence electrons. The third-order valence-electron chi connectivity index (χ3n) is 5.72. The zero-order valence-corrected chi connectivity index (χ0v) is 19.6. The van der Waals surface area contributed by atoms with E-state index >= 15 is 0 Å². The summed E-state index contributed by atoms with van der Waals surface area (Å²) in [6.45, 7) is 5.73. The van der Waals surface area contributed by atoms with Gasteiger partial charge in [0, 0.05) is 37.3 Å². The van der Waals surface area contributed by atoms with E-state index in [1.807, 2.05) is 13.1 Å². The van der Waals surface area contributed by atoms with Crippen LogP contribution in [0.25, 0.3) is 10.9 Å². The molecular formula is C23H29F3N8O. The summed E-state index contributed by atoms with van der Waals surface area (Å²) in [5.74, 6) is 1.65. The van der Waals surface area contributed by atoms with Crippen molar-refractivity contribution in [3.8, 4) is 0 Å². The number of ether oxygens (including phenoxy) is 1. The molecule has 1 atom stereocenters. The maximum absolute atomic E-state index is 13.3. The molecule has 1 aromatic carbocycles. The minimum Gasteiger partial charge on any atom is -0.399 e. The molecule has 0 amide bonds. The number of nitrogens with zero attached hydrogens (tertiary/aromatic N) is 4. The van der Waals surface area contributed by atoms with Crippen molar-refractivity contribution in [3.05, 3.63) is 41.6 Å². The number of pyridine rings is 1. The van der Waals surface area contributed by atoms with Gasteiger partial charge in [0.15, 0.2) is 0 Å². The molecule has 4 rings (SSSR count). The number of morpholine rings is 1.